The lowest BCUT2D eigenvalue weighted by atomic mass is 9.90. The molecule has 5 N–H and O–H groups in total. The second kappa shape index (κ2) is 16.1. The van der Waals surface area contributed by atoms with E-state index in [4.69, 9.17) is 4.74 Å². The van der Waals surface area contributed by atoms with Gasteiger partial charge in [0.15, 0.2) is 5.78 Å². The van der Waals surface area contributed by atoms with Gasteiger partial charge in [0.2, 0.25) is 0 Å². The highest BCUT2D eigenvalue weighted by atomic mass is 16.6. The lowest BCUT2D eigenvalue weighted by Gasteiger charge is -2.41. The van der Waals surface area contributed by atoms with Crippen LogP contribution in [0.25, 0.3) is 0 Å². The van der Waals surface area contributed by atoms with Gasteiger partial charge in [-0.15, -0.1) is 0 Å². The van der Waals surface area contributed by atoms with Crippen molar-refractivity contribution in [3.63, 3.8) is 0 Å². The second-order valence-corrected chi connectivity index (χ2v) is 8.70. The van der Waals surface area contributed by atoms with Gasteiger partial charge in [0.1, 0.15) is 36.6 Å². The van der Waals surface area contributed by atoms with E-state index >= 15 is 0 Å². The van der Waals surface area contributed by atoms with Crippen molar-refractivity contribution in [3.8, 4) is 0 Å². The van der Waals surface area contributed by atoms with Crippen LogP contribution in [0.5, 0.6) is 0 Å². The molecule has 0 saturated carbocycles. The van der Waals surface area contributed by atoms with Crippen LogP contribution >= 0.6 is 0 Å². The summed E-state index contributed by atoms with van der Waals surface area (Å²) in [4.78, 5) is 12.2. The molecule has 2 unspecified atom stereocenters. The fraction of sp³-hybridized carbons (Fsp3) is 0.957. The van der Waals surface area contributed by atoms with E-state index in [1.165, 1.54) is 57.8 Å². The highest BCUT2D eigenvalue weighted by molar-refractivity contribution is 5.83. The van der Waals surface area contributed by atoms with E-state index in [0.717, 1.165) is 19.3 Å². The minimum absolute atomic E-state index is 0.175. The van der Waals surface area contributed by atoms with Crippen molar-refractivity contribution in [3.05, 3.63) is 0 Å². The Morgan fingerprint density at radius 2 is 1.23 bits per heavy atom. The zero-order valence-electron chi connectivity index (χ0n) is 18.6. The lowest BCUT2D eigenvalue weighted by Crippen LogP contribution is -2.62. The summed E-state index contributed by atoms with van der Waals surface area (Å²) in [5.74, 6) is -0.456. The summed E-state index contributed by atoms with van der Waals surface area (Å²) in [7, 11) is 0. The van der Waals surface area contributed by atoms with Crippen molar-refractivity contribution in [2.24, 2.45) is 0 Å². The number of hydrogen-bond acceptors (Lipinski definition) is 7. The zero-order valence-corrected chi connectivity index (χ0v) is 18.6. The molecular formula is C23H44O7. The summed E-state index contributed by atoms with van der Waals surface area (Å²) in [5.41, 5.74) is 0. The summed E-state index contributed by atoms with van der Waals surface area (Å²) < 4.78 is 5.25. The predicted molar refractivity (Wildman–Crippen MR) is 115 cm³/mol. The molecule has 0 aromatic carbocycles. The molecule has 178 valence electrons. The van der Waals surface area contributed by atoms with Gasteiger partial charge in [0.25, 0.3) is 0 Å². The third-order valence-corrected chi connectivity index (χ3v) is 6.10. The molecule has 7 nitrogen and oxygen atoms in total. The van der Waals surface area contributed by atoms with Crippen LogP contribution in [-0.4, -0.2) is 74.5 Å². The van der Waals surface area contributed by atoms with E-state index in [1.807, 2.05) is 0 Å². The summed E-state index contributed by atoms with van der Waals surface area (Å²) in [6.07, 6.45) is 7.04. The van der Waals surface area contributed by atoms with Crippen LogP contribution in [0.2, 0.25) is 0 Å². The van der Waals surface area contributed by atoms with Crippen LogP contribution in [0.15, 0.2) is 0 Å². The monoisotopic (exact) mass is 432 g/mol. The van der Waals surface area contributed by atoms with Crippen LogP contribution < -0.4 is 0 Å². The molecule has 0 aromatic heterocycles. The molecular weight excluding hydrogens is 388 g/mol. The number of ketones is 1. The minimum atomic E-state index is -1.59. The number of rotatable bonds is 17. The number of Topliss-reactive ketones (excluding diaryl/α,β-unsaturated/α-hetero) is 1. The Balaban J connectivity index is 2.10. The zero-order chi connectivity index (χ0) is 22.4. The molecule has 0 aliphatic carbocycles. The van der Waals surface area contributed by atoms with Crippen LogP contribution in [0.1, 0.15) is 96.8 Å². The van der Waals surface area contributed by atoms with Gasteiger partial charge >= 0.3 is 0 Å². The molecule has 1 aliphatic rings. The molecule has 0 spiro atoms. The number of carbonyl (C=O) groups is 1. The van der Waals surface area contributed by atoms with Gasteiger partial charge in [-0.05, 0) is 6.42 Å². The fourth-order valence-corrected chi connectivity index (χ4v) is 4.04. The largest absolute Gasteiger partial charge is 0.394 e. The molecule has 0 amide bonds. The predicted octanol–water partition coefficient (Wildman–Crippen LogP) is 2.24. The number of aliphatic hydroxyl groups excluding tert-OH is 5. The smallest absolute Gasteiger partial charge is 0.164 e. The van der Waals surface area contributed by atoms with Crippen LogP contribution in [-0.2, 0) is 9.53 Å². The van der Waals surface area contributed by atoms with E-state index < -0.39 is 49.0 Å². The van der Waals surface area contributed by atoms with Gasteiger partial charge in [0, 0.05) is 6.42 Å². The fourth-order valence-electron chi connectivity index (χ4n) is 4.04. The molecule has 6 atom stereocenters. The number of carbonyl (C=O) groups excluding carboxylic acids is 1. The third-order valence-electron chi connectivity index (χ3n) is 6.10. The quantitative estimate of drug-likeness (QED) is 0.223. The van der Waals surface area contributed by atoms with Gasteiger partial charge in [0.05, 0.1) is 6.61 Å². The van der Waals surface area contributed by atoms with Crippen LogP contribution in [0, 0.1) is 0 Å². The molecule has 30 heavy (non-hydrogen) atoms. The van der Waals surface area contributed by atoms with Gasteiger partial charge in [-0.25, -0.2) is 0 Å². The topological polar surface area (TPSA) is 127 Å². The molecule has 0 radical (unpaired) electrons. The van der Waals surface area contributed by atoms with E-state index in [1.54, 1.807) is 0 Å². The average Bonchev–Trinajstić information content (AvgIpc) is 2.75. The van der Waals surface area contributed by atoms with Crippen LogP contribution in [0.3, 0.4) is 0 Å². The van der Waals surface area contributed by atoms with Gasteiger partial charge in [-0.2, -0.15) is 0 Å². The molecule has 1 saturated heterocycles. The number of ether oxygens (including phenoxy) is 1. The van der Waals surface area contributed by atoms with Gasteiger partial charge in [-0.1, -0.05) is 84.0 Å². The number of aliphatic hydroxyl groups is 5. The summed E-state index contributed by atoms with van der Waals surface area (Å²) in [6.45, 7) is 1.65. The van der Waals surface area contributed by atoms with Crippen LogP contribution in [0.4, 0.5) is 0 Å². The lowest BCUT2D eigenvalue weighted by molar-refractivity contribution is -0.246. The van der Waals surface area contributed by atoms with Crippen molar-refractivity contribution in [2.75, 3.05) is 6.61 Å². The first kappa shape index (κ1) is 27.5. The SMILES string of the molecule is CCCCCCCCCCCCCCCC(=O)C(O)C1O[C@H](CO)[C@@H](O)[C@H](O)[C@@H]1O. The van der Waals surface area contributed by atoms with Gasteiger partial charge in [-0.3, -0.25) is 4.79 Å². The first-order valence-corrected chi connectivity index (χ1v) is 11.9. The Labute approximate surface area is 181 Å². The minimum Gasteiger partial charge on any atom is -0.394 e. The highest BCUT2D eigenvalue weighted by Gasteiger charge is 2.47. The van der Waals surface area contributed by atoms with Crippen molar-refractivity contribution in [2.45, 2.75) is 133 Å². The Hall–Kier alpha value is -0.570. The molecule has 0 aromatic rings. The highest BCUT2D eigenvalue weighted by Crippen LogP contribution is 2.24. The Kier molecular flexibility index (Phi) is 14.8. The molecule has 7 heteroatoms. The first-order valence-electron chi connectivity index (χ1n) is 11.9. The molecule has 1 rings (SSSR count). The summed E-state index contributed by atoms with van der Waals surface area (Å²) in [5, 5.41) is 49.0. The molecule has 1 heterocycles. The van der Waals surface area contributed by atoms with E-state index in [9.17, 15) is 30.3 Å². The van der Waals surface area contributed by atoms with Crippen molar-refractivity contribution in [1.29, 1.82) is 0 Å². The third kappa shape index (κ3) is 9.71. The maximum Gasteiger partial charge on any atom is 0.164 e. The number of unbranched alkanes of at least 4 members (excludes halogenated alkanes) is 12. The number of hydrogen-bond donors (Lipinski definition) is 5. The molecule has 1 aliphatic heterocycles. The molecule has 1 fully saturated rings. The first-order chi connectivity index (χ1) is 14.4. The summed E-state index contributed by atoms with van der Waals surface area (Å²) in [6, 6.07) is 0. The van der Waals surface area contributed by atoms with E-state index in [-0.39, 0.29) is 6.42 Å². The Bertz CT molecular complexity index is 443. The molecule has 0 bridgehead atoms. The second-order valence-electron chi connectivity index (χ2n) is 8.70. The van der Waals surface area contributed by atoms with E-state index in [2.05, 4.69) is 6.92 Å². The maximum absolute atomic E-state index is 12.2. The Morgan fingerprint density at radius 3 is 1.70 bits per heavy atom. The standard InChI is InChI=1S/C23H44O7/c1-2-3-4-5-6-7-8-9-10-11-12-13-14-15-17(25)19(26)23-22(29)21(28)20(27)18(16-24)30-23/h18-24,26-29H,2-16H2,1H3/t18-,19?,20-,21+,22+,23?/m1/s1. The Morgan fingerprint density at radius 1 is 0.767 bits per heavy atom. The average molecular weight is 433 g/mol. The van der Waals surface area contributed by atoms with Crippen molar-refractivity contribution in [1.82, 2.24) is 0 Å². The summed E-state index contributed by atoms with van der Waals surface area (Å²) >= 11 is 0. The van der Waals surface area contributed by atoms with E-state index in [0.29, 0.717) is 6.42 Å². The van der Waals surface area contributed by atoms with Gasteiger partial charge < -0.3 is 30.3 Å². The van der Waals surface area contributed by atoms with Crippen molar-refractivity contribution < 1.29 is 35.1 Å². The van der Waals surface area contributed by atoms with Crippen molar-refractivity contribution >= 4 is 5.78 Å². The normalized spacial score (nSPS) is 27.9. The maximum atomic E-state index is 12.2.